The minimum Gasteiger partial charge on any atom is -0.366 e. The summed E-state index contributed by atoms with van der Waals surface area (Å²) in [7, 11) is 0. The molecule has 0 aromatic heterocycles. The van der Waals surface area contributed by atoms with E-state index in [0.29, 0.717) is 5.56 Å². The van der Waals surface area contributed by atoms with E-state index in [-0.39, 0.29) is 5.41 Å². The standard InChI is InChI=1S/C17H19NO/c1-17(2,3)15-7-5-4-6-14(15)12-8-10-13(11-9-12)16(18)19/h4-11H,1-3H3,(H2,18,19). The minimum absolute atomic E-state index is 0.0823. The van der Waals surface area contributed by atoms with Crippen LogP contribution in [0.1, 0.15) is 36.7 Å². The quantitative estimate of drug-likeness (QED) is 0.870. The van der Waals surface area contributed by atoms with E-state index in [1.165, 1.54) is 11.1 Å². The Bertz CT molecular complexity index is 591. The molecule has 2 aromatic carbocycles. The third-order valence-electron chi connectivity index (χ3n) is 3.22. The second-order valence-electron chi connectivity index (χ2n) is 5.74. The normalized spacial score (nSPS) is 11.3. The largest absolute Gasteiger partial charge is 0.366 e. The molecule has 0 aliphatic carbocycles. The van der Waals surface area contributed by atoms with Gasteiger partial charge in [0.15, 0.2) is 0 Å². The van der Waals surface area contributed by atoms with Crippen LogP contribution in [0.25, 0.3) is 11.1 Å². The van der Waals surface area contributed by atoms with Crippen molar-refractivity contribution in [2.45, 2.75) is 26.2 Å². The fraction of sp³-hybridized carbons (Fsp3) is 0.235. The number of carbonyl (C=O) groups is 1. The average Bonchev–Trinajstić information content (AvgIpc) is 2.38. The number of amides is 1. The molecule has 2 nitrogen and oxygen atoms in total. The van der Waals surface area contributed by atoms with Crippen molar-refractivity contribution in [1.29, 1.82) is 0 Å². The number of hydrogen-bond acceptors (Lipinski definition) is 1. The number of benzene rings is 2. The summed E-state index contributed by atoms with van der Waals surface area (Å²) < 4.78 is 0. The topological polar surface area (TPSA) is 43.1 Å². The second kappa shape index (κ2) is 4.88. The van der Waals surface area contributed by atoms with E-state index < -0.39 is 5.91 Å². The maximum Gasteiger partial charge on any atom is 0.248 e. The van der Waals surface area contributed by atoms with Gasteiger partial charge in [-0.05, 0) is 34.2 Å². The van der Waals surface area contributed by atoms with Crippen LogP contribution in [0.3, 0.4) is 0 Å². The van der Waals surface area contributed by atoms with Crippen molar-refractivity contribution in [3.05, 3.63) is 59.7 Å². The average molecular weight is 253 g/mol. The van der Waals surface area contributed by atoms with Gasteiger partial charge in [-0.3, -0.25) is 4.79 Å². The first-order valence-electron chi connectivity index (χ1n) is 6.39. The predicted molar refractivity (Wildman–Crippen MR) is 79.1 cm³/mol. The van der Waals surface area contributed by atoms with Crippen LogP contribution < -0.4 is 5.73 Å². The van der Waals surface area contributed by atoms with Crippen LogP contribution in [-0.4, -0.2) is 5.91 Å². The molecule has 0 heterocycles. The zero-order valence-electron chi connectivity index (χ0n) is 11.6. The second-order valence-corrected chi connectivity index (χ2v) is 5.74. The van der Waals surface area contributed by atoms with Gasteiger partial charge in [0.1, 0.15) is 0 Å². The van der Waals surface area contributed by atoms with E-state index in [0.717, 1.165) is 5.56 Å². The molecule has 2 heteroatoms. The summed E-state index contributed by atoms with van der Waals surface area (Å²) in [6.45, 7) is 6.59. The molecule has 19 heavy (non-hydrogen) atoms. The summed E-state index contributed by atoms with van der Waals surface area (Å²) in [5.74, 6) is -0.393. The lowest BCUT2D eigenvalue weighted by Gasteiger charge is -2.23. The van der Waals surface area contributed by atoms with Crippen LogP contribution in [0.15, 0.2) is 48.5 Å². The minimum atomic E-state index is -0.393. The Kier molecular flexibility index (Phi) is 3.43. The van der Waals surface area contributed by atoms with Gasteiger partial charge in [-0.25, -0.2) is 0 Å². The van der Waals surface area contributed by atoms with Crippen LogP contribution in [0.2, 0.25) is 0 Å². The smallest absolute Gasteiger partial charge is 0.248 e. The fourth-order valence-corrected chi connectivity index (χ4v) is 2.20. The highest BCUT2D eigenvalue weighted by Gasteiger charge is 2.18. The molecule has 0 radical (unpaired) electrons. The number of carbonyl (C=O) groups excluding carboxylic acids is 1. The van der Waals surface area contributed by atoms with E-state index in [4.69, 9.17) is 5.73 Å². The molecule has 98 valence electrons. The van der Waals surface area contributed by atoms with E-state index >= 15 is 0 Å². The van der Waals surface area contributed by atoms with Crippen LogP contribution >= 0.6 is 0 Å². The van der Waals surface area contributed by atoms with Crippen molar-refractivity contribution in [3.8, 4) is 11.1 Å². The van der Waals surface area contributed by atoms with Crippen LogP contribution in [0.5, 0.6) is 0 Å². The van der Waals surface area contributed by atoms with Crippen LogP contribution in [0.4, 0.5) is 0 Å². The number of primary amides is 1. The van der Waals surface area contributed by atoms with Crippen molar-refractivity contribution in [1.82, 2.24) is 0 Å². The van der Waals surface area contributed by atoms with Gasteiger partial charge in [0.25, 0.3) is 0 Å². The van der Waals surface area contributed by atoms with Gasteiger partial charge in [-0.2, -0.15) is 0 Å². The molecular formula is C17H19NO. The lowest BCUT2D eigenvalue weighted by molar-refractivity contribution is 0.100. The summed E-state index contributed by atoms with van der Waals surface area (Å²) in [6.07, 6.45) is 0. The van der Waals surface area contributed by atoms with E-state index in [1.54, 1.807) is 12.1 Å². The molecule has 0 aliphatic rings. The van der Waals surface area contributed by atoms with Crippen molar-refractivity contribution in [3.63, 3.8) is 0 Å². The zero-order valence-corrected chi connectivity index (χ0v) is 11.6. The third kappa shape index (κ3) is 2.84. The van der Waals surface area contributed by atoms with Crippen molar-refractivity contribution in [2.24, 2.45) is 5.73 Å². The third-order valence-corrected chi connectivity index (χ3v) is 3.22. The maximum absolute atomic E-state index is 11.1. The highest BCUT2D eigenvalue weighted by molar-refractivity contribution is 5.93. The first-order valence-corrected chi connectivity index (χ1v) is 6.39. The molecule has 2 aromatic rings. The number of hydrogen-bond donors (Lipinski definition) is 1. The molecule has 0 spiro atoms. The van der Waals surface area contributed by atoms with Gasteiger partial charge in [-0.15, -0.1) is 0 Å². The molecule has 0 fully saturated rings. The number of rotatable bonds is 2. The lowest BCUT2D eigenvalue weighted by atomic mass is 9.82. The summed E-state index contributed by atoms with van der Waals surface area (Å²) in [5.41, 5.74) is 9.48. The molecule has 2 rings (SSSR count). The summed E-state index contributed by atoms with van der Waals surface area (Å²) in [6, 6.07) is 15.8. The summed E-state index contributed by atoms with van der Waals surface area (Å²) >= 11 is 0. The van der Waals surface area contributed by atoms with E-state index in [1.807, 2.05) is 18.2 Å². The Labute approximate surface area is 114 Å². The summed E-state index contributed by atoms with van der Waals surface area (Å²) in [5, 5.41) is 0. The molecule has 0 saturated carbocycles. The van der Waals surface area contributed by atoms with Crippen molar-refractivity contribution in [2.75, 3.05) is 0 Å². The summed E-state index contributed by atoms with van der Waals surface area (Å²) in [4.78, 5) is 11.1. The predicted octanol–water partition coefficient (Wildman–Crippen LogP) is 3.75. The zero-order chi connectivity index (χ0) is 14.0. The maximum atomic E-state index is 11.1. The monoisotopic (exact) mass is 253 g/mol. The SMILES string of the molecule is CC(C)(C)c1ccccc1-c1ccc(C(N)=O)cc1. The van der Waals surface area contributed by atoms with E-state index in [9.17, 15) is 4.79 Å². The molecule has 0 unspecified atom stereocenters. The fourth-order valence-electron chi connectivity index (χ4n) is 2.20. The Morgan fingerprint density at radius 1 is 0.947 bits per heavy atom. The Balaban J connectivity index is 2.50. The highest BCUT2D eigenvalue weighted by Crippen LogP contribution is 2.32. The number of nitrogens with two attached hydrogens (primary N) is 1. The first kappa shape index (κ1) is 13.3. The molecular weight excluding hydrogens is 234 g/mol. The Morgan fingerprint density at radius 2 is 1.53 bits per heavy atom. The highest BCUT2D eigenvalue weighted by atomic mass is 16.1. The molecule has 0 aliphatic heterocycles. The van der Waals surface area contributed by atoms with Gasteiger partial charge in [0, 0.05) is 5.56 Å². The molecule has 1 amide bonds. The molecule has 0 bridgehead atoms. The van der Waals surface area contributed by atoms with Gasteiger partial charge >= 0.3 is 0 Å². The van der Waals surface area contributed by atoms with Gasteiger partial charge < -0.3 is 5.73 Å². The molecule has 0 saturated heterocycles. The van der Waals surface area contributed by atoms with Crippen molar-refractivity contribution >= 4 is 5.91 Å². The van der Waals surface area contributed by atoms with Crippen LogP contribution in [0, 0.1) is 0 Å². The Morgan fingerprint density at radius 3 is 2.05 bits per heavy atom. The van der Waals surface area contributed by atoms with Gasteiger partial charge in [0.05, 0.1) is 0 Å². The van der Waals surface area contributed by atoms with Gasteiger partial charge in [0.2, 0.25) is 5.91 Å². The van der Waals surface area contributed by atoms with Crippen molar-refractivity contribution < 1.29 is 4.79 Å². The van der Waals surface area contributed by atoms with Crippen LogP contribution in [-0.2, 0) is 5.41 Å². The first-order chi connectivity index (χ1) is 8.89. The van der Waals surface area contributed by atoms with Gasteiger partial charge in [-0.1, -0.05) is 57.2 Å². The lowest BCUT2D eigenvalue weighted by Crippen LogP contribution is -2.13. The molecule has 0 atom stereocenters. The van der Waals surface area contributed by atoms with E-state index in [2.05, 4.69) is 39.0 Å². The molecule has 2 N–H and O–H groups in total. The Hall–Kier alpha value is -2.09.